The number of hydrogen-bond acceptors (Lipinski definition) is 5. The van der Waals surface area contributed by atoms with E-state index in [4.69, 9.17) is 9.47 Å². The lowest BCUT2D eigenvalue weighted by Gasteiger charge is -2.35. The molecule has 3 heterocycles. The smallest absolute Gasteiger partial charge is 0.274 e. The van der Waals surface area contributed by atoms with Gasteiger partial charge in [-0.05, 0) is 43.0 Å². The zero-order valence-electron chi connectivity index (χ0n) is 17.3. The van der Waals surface area contributed by atoms with Gasteiger partial charge >= 0.3 is 0 Å². The maximum absolute atomic E-state index is 13.1. The second-order valence-electron chi connectivity index (χ2n) is 7.74. The van der Waals surface area contributed by atoms with Crippen molar-refractivity contribution in [2.24, 2.45) is 0 Å². The number of carbonyl (C=O) groups is 2. The molecule has 0 spiro atoms. The van der Waals surface area contributed by atoms with Crippen LogP contribution in [0, 0.1) is 0 Å². The number of piperidine rings is 1. The van der Waals surface area contributed by atoms with Gasteiger partial charge in [-0.15, -0.1) is 0 Å². The molecule has 2 fully saturated rings. The van der Waals surface area contributed by atoms with Crippen molar-refractivity contribution in [2.75, 3.05) is 40.0 Å². The topological polar surface area (TPSA) is 87.8 Å². The quantitative estimate of drug-likeness (QED) is 0.813. The number of aromatic amines is 1. The predicted octanol–water partition coefficient (Wildman–Crippen LogP) is 2.19. The van der Waals surface area contributed by atoms with Crippen LogP contribution >= 0.6 is 0 Å². The van der Waals surface area contributed by atoms with E-state index < -0.39 is 0 Å². The number of nitrogens with one attached hydrogen (secondary N) is 1. The van der Waals surface area contributed by atoms with Gasteiger partial charge in [0, 0.05) is 19.6 Å². The highest BCUT2D eigenvalue weighted by molar-refractivity contribution is 5.92. The Morgan fingerprint density at radius 1 is 1.17 bits per heavy atom. The summed E-state index contributed by atoms with van der Waals surface area (Å²) in [6, 6.07) is 9.31. The van der Waals surface area contributed by atoms with Gasteiger partial charge in [-0.2, -0.15) is 5.10 Å². The summed E-state index contributed by atoms with van der Waals surface area (Å²) >= 11 is 0. The Bertz CT molecular complexity index is 874. The minimum Gasteiger partial charge on any atom is -0.497 e. The SMILES string of the molecule is COc1ccc(CC(=O)N2CCCCC2c2cc(C(=O)N3CCOCC3)n[nH]2)cc1. The average Bonchev–Trinajstić information content (AvgIpc) is 3.30. The Balaban J connectivity index is 1.46. The Hall–Kier alpha value is -2.87. The molecular weight excluding hydrogens is 384 g/mol. The summed E-state index contributed by atoms with van der Waals surface area (Å²) in [6.45, 7) is 2.98. The van der Waals surface area contributed by atoms with Crippen LogP contribution in [0.2, 0.25) is 0 Å². The molecule has 160 valence electrons. The zero-order valence-corrected chi connectivity index (χ0v) is 17.3. The first kappa shape index (κ1) is 20.4. The van der Waals surface area contributed by atoms with E-state index in [-0.39, 0.29) is 17.9 Å². The standard InChI is InChI=1S/C22H28N4O4/c1-29-17-7-5-16(6-8-17)14-21(27)26-9-3-2-4-20(26)18-15-19(24-23-18)22(28)25-10-12-30-13-11-25/h5-8,15,20H,2-4,9-14H2,1H3,(H,23,24). The van der Waals surface area contributed by atoms with Gasteiger partial charge in [0.1, 0.15) is 11.4 Å². The summed E-state index contributed by atoms with van der Waals surface area (Å²) in [5.41, 5.74) is 2.19. The fourth-order valence-corrected chi connectivity index (χ4v) is 4.12. The van der Waals surface area contributed by atoms with Crippen LogP contribution in [-0.4, -0.2) is 71.8 Å². The molecule has 2 amide bonds. The summed E-state index contributed by atoms with van der Waals surface area (Å²) in [5, 5.41) is 7.27. The summed E-state index contributed by atoms with van der Waals surface area (Å²) in [4.78, 5) is 29.4. The Morgan fingerprint density at radius 3 is 2.67 bits per heavy atom. The lowest BCUT2D eigenvalue weighted by atomic mass is 9.98. The molecule has 1 aromatic heterocycles. The maximum Gasteiger partial charge on any atom is 0.274 e. The van der Waals surface area contributed by atoms with Crippen LogP contribution in [0.4, 0.5) is 0 Å². The number of ether oxygens (including phenoxy) is 2. The van der Waals surface area contributed by atoms with Gasteiger partial charge < -0.3 is 19.3 Å². The highest BCUT2D eigenvalue weighted by atomic mass is 16.5. The molecule has 1 aromatic carbocycles. The molecule has 8 nitrogen and oxygen atoms in total. The molecule has 0 radical (unpaired) electrons. The number of rotatable bonds is 5. The molecule has 0 aliphatic carbocycles. The molecule has 30 heavy (non-hydrogen) atoms. The summed E-state index contributed by atoms with van der Waals surface area (Å²) in [7, 11) is 1.63. The molecule has 2 aliphatic heterocycles. The molecule has 1 unspecified atom stereocenters. The van der Waals surface area contributed by atoms with Gasteiger partial charge in [-0.25, -0.2) is 0 Å². The van der Waals surface area contributed by atoms with E-state index in [0.29, 0.717) is 45.0 Å². The normalized spacial score (nSPS) is 19.6. The largest absolute Gasteiger partial charge is 0.497 e. The van der Waals surface area contributed by atoms with Crippen LogP contribution in [0.1, 0.15) is 47.1 Å². The first-order chi connectivity index (χ1) is 14.7. The van der Waals surface area contributed by atoms with Crippen LogP contribution in [0.25, 0.3) is 0 Å². The number of nitrogens with zero attached hydrogens (tertiary/aromatic N) is 3. The van der Waals surface area contributed by atoms with E-state index in [0.717, 1.165) is 36.3 Å². The second-order valence-corrected chi connectivity index (χ2v) is 7.74. The molecule has 1 atom stereocenters. The van der Waals surface area contributed by atoms with Gasteiger partial charge in [0.2, 0.25) is 5.91 Å². The highest BCUT2D eigenvalue weighted by Crippen LogP contribution is 2.31. The number of benzene rings is 1. The van der Waals surface area contributed by atoms with E-state index in [1.807, 2.05) is 29.2 Å². The van der Waals surface area contributed by atoms with E-state index in [2.05, 4.69) is 10.2 Å². The third kappa shape index (κ3) is 4.48. The molecule has 1 N–H and O–H groups in total. The molecule has 0 saturated carbocycles. The van der Waals surface area contributed by atoms with Crippen molar-refractivity contribution in [1.82, 2.24) is 20.0 Å². The van der Waals surface area contributed by atoms with Crippen molar-refractivity contribution < 1.29 is 19.1 Å². The van der Waals surface area contributed by atoms with Crippen molar-refractivity contribution in [3.05, 3.63) is 47.3 Å². The molecule has 8 heteroatoms. The molecule has 4 rings (SSSR count). The fourth-order valence-electron chi connectivity index (χ4n) is 4.12. The van der Waals surface area contributed by atoms with Crippen LogP contribution in [0.15, 0.2) is 30.3 Å². The molecule has 2 saturated heterocycles. The lowest BCUT2D eigenvalue weighted by molar-refractivity contribution is -0.134. The third-order valence-corrected chi connectivity index (χ3v) is 5.81. The number of hydrogen-bond donors (Lipinski definition) is 1. The number of carbonyl (C=O) groups excluding carboxylic acids is 2. The van der Waals surface area contributed by atoms with Crippen LogP contribution in [0.3, 0.4) is 0 Å². The number of morpholine rings is 1. The molecule has 0 bridgehead atoms. The number of amides is 2. The highest BCUT2D eigenvalue weighted by Gasteiger charge is 2.30. The van der Waals surface area contributed by atoms with E-state index in [9.17, 15) is 9.59 Å². The maximum atomic E-state index is 13.1. The van der Waals surface area contributed by atoms with Crippen molar-refractivity contribution >= 4 is 11.8 Å². The minimum atomic E-state index is -0.0901. The van der Waals surface area contributed by atoms with Crippen molar-refractivity contribution in [3.8, 4) is 5.75 Å². The number of likely N-dealkylation sites (tertiary alicyclic amines) is 1. The second kappa shape index (κ2) is 9.30. The molecule has 2 aromatic rings. The van der Waals surface area contributed by atoms with E-state index in [1.54, 1.807) is 18.1 Å². The third-order valence-electron chi connectivity index (χ3n) is 5.81. The minimum absolute atomic E-state index is 0.0803. The Kier molecular flexibility index (Phi) is 6.32. The van der Waals surface area contributed by atoms with E-state index in [1.165, 1.54) is 0 Å². The first-order valence-electron chi connectivity index (χ1n) is 10.5. The van der Waals surface area contributed by atoms with Crippen molar-refractivity contribution in [3.63, 3.8) is 0 Å². The van der Waals surface area contributed by atoms with Crippen LogP contribution in [0.5, 0.6) is 5.75 Å². The molecule has 2 aliphatic rings. The van der Waals surface area contributed by atoms with Gasteiger partial charge in [0.05, 0.1) is 38.5 Å². The van der Waals surface area contributed by atoms with Crippen molar-refractivity contribution in [1.29, 1.82) is 0 Å². The summed E-state index contributed by atoms with van der Waals surface area (Å²) < 4.78 is 10.5. The van der Waals surface area contributed by atoms with E-state index >= 15 is 0 Å². The van der Waals surface area contributed by atoms with Gasteiger partial charge in [0.15, 0.2) is 0 Å². The number of H-pyrrole nitrogens is 1. The Morgan fingerprint density at radius 2 is 1.93 bits per heavy atom. The number of methoxy groups -OCH3 is 1. The molecular formula is C22H28N4O4. The summed E-state index contributed by atoms with van der Waals surface area (Å²) in [5.74, 6) is 0.769. The summed E-state index contributed by atoms with van der Waals surface area (Å²) in [6.07, 6.45) is 3.23. The monoisotopic (exact) mass is 412 g/mol. The lowest BCUT2D eigenvalue weighted by Crippen LogP contribution is -2.41. The predicted molar refractivity (Wildman–Crippen MR) is 110 cm³/mol. The van der Waals surface area contributed by atoms with Crippen LogP contribution in [-0.2, 0) is 16.0 Å². The van der Waals surface area contributed by atoms with Gasteiger partial charge in [-0.1, -0.05) is 12.1 Å². The van der Waals surface area contributed by atoms with Gasteiger partial charge in [0.25, 0.3) is 5.91 Å². The average molecular weight is 412 g/mol. The van der Waals surface area contributed by atoms with Crippen molar-refractivity contribution in [2.45, 2.75) is 31.7 Å². The first-order valence-corrected chi connectivity index (χ1v) is 10.5. The number of aromatic nitrogens is 2. The van der Waals surface area contributed by atoms with Crippen LogP contribution < -0.4 is 4.74 Å². The Labute approximate surface area is 176 Å². The fraction of sp³-hybridized carbons (Fsp3) is 0.500. The van der Waals surface area contributed by atoms with Gasteiger partial charge in [-0.3, -0.25) is 14.7 Å². The zero-order chi connectivity index (χ0) is 20.9.